The molecular weight excluding hydrogens is 321 g/mol. The maximum Gasteiger partial charge on any atom is 0.241 e. The molecule has 0 aliphatic carbocycles. The molecule has 1 N–H and O–H groups in total. The number of nitrogens with zero attached hydrogens (tertiary/aromatic N) is 2. The van der Waals surface area contributed by atoms with Crippen molar-refractivity contribution >= 4 is 15.7 Å². The van der Waals surface area contributed by atoms with Gasteiger partial charge in [0.25, 0.3) is 0 Å². The van der Waals surface area contributed by atoms with E-state index in [2.05, 4.69) is 9.71 Å². The van der Waals surface area contributed by atoms with Gasteiger partial charge in [0.05, 0.1) is 24.2 Å². The van der Waals surface area contributed by atoms with E-state index in [0.717, 1.165) is 11.7 Å². The molecule has 2 aromatic heterocycles. The van der Waals surface area contributed by atoms with Crippen LogP contribution in [0, 0.1) is 5.82 Å². The van der Waals surface area contributed by atoms with Gasteiger partial charge in [-0.2, -0.15) is 0 Å². The third-order valence-corrected chi connectivity index (χ3v) is 4.69. The lowest BCUT2D eigenvalue weighted by molar-refractivity contribution is 0.385. The number of benzene rings is 1. The van der Waals surface area contributed by atoms with E-state index >= 15 is 0 Å². The molecule has 0 aliphatic rings. The number of aromatic nitrogens is 2. The summed E-state index contributed by atoms with van der Waals surface area (Å²) >= 11 is 0. The van der Waals surface area contributed by atoms with Crippen molar-refractivity contribution in [1.29, 1.82) is 0 Å². The van der Waals surface area contributed by atoms with Crippen LogP contribution >= 0.6 is 0 Å². The molecule has 0 aliphatic heterocycles. The van der Waals surface area contributed by atoms with E-state index in [9.17, 15) is 12.8 Å². The van der Waals surface area contributed by atoms with E-state index < -0.39 is 15.8 Å². The fourth-order valence-electron chi connectivity index (χ4n) is 2.14. The number of halogens is 1. The molecule has 0 amide bonds. The van der Waals surface area contributed by atoms with Gasteiger partial charge in [0.2, 0.25) is 10.0 Å². The number of hydrogen-bond acceptors (Lipinski definition) is 4. The van der Waals surface area contributed by atoms with Crippen molar-refractivity contribution in [3.8, 4) is 5.75 Å². The standard InChI is InChI=1S/C15H14FN3O3S/c1-22-14-6-5-12(8-13(14)16)23(20,21)17-9-11-10-19-7-3-2-4-15(19)18-11/h2-8,10,17H,9H2,1H3. The summed E-state index contributed by atoms with van der Waals surface area (Å²) in [5.74, 6) is -0.743. The van der Waals surface area contributed by atoms with E-state index in [1.165, 1.54) is 19.2 Å². The number of methoxy groups -OCH3 is 1. The van der Waals surface area contributed by atoms with Crippen molar-refractivity contribution in [2.75, 3.05) is 7.11 Å². The summed E-state index contributed by atoms with van der Waals surface area (Å²) in [4.78, 5) is 4.13. The van der Waals surface area contributed by atoms with Gasteiger partial charge in [0.15, 0.2) is 11.6 Å². The Morgan fingerprint density at radius 1 is 1.30 bits per heavy atom. The van der Waals surface area contributed by atoms with Gasteiger partial charge >= 0.3 is 0 Å². The molecule has 23 heavy (non-hydrogen) atoms. The van der Waals surface area contributed by atoms with Crippen LogP contribution in [0.4, 0.5) is 4.39 Å². The Kier molecular flexibility index (Phi) is 4.01. The smallest absolute Gasteiger partial charge is 0.241 e. The highest BCUT2D eigenvalue weighted by Gasteiger charge is 2.17. The van der Waals surface area contributed by atoms with Crippen LogP contribution in [0.5, 0.6) is 5.75 Å². The fourth-order valence-corrected chi connectivity index (χ4v) is 3.15. The van der Waals surface area contributed by atoms with Crippen LogP contribution in [0.1, 0.15) is 5.69 Å². The van der Waals surface area contributed by atoms with Crippen LogP contribution in [0.3, 0.4) is 0 Å². The number of rotatable bonds is 5. The molecule has 6 nitrogen and oxygen atoms in total. The number of sulfonamides is 1. The minimum Gasteiger partial charge on any atom is -0.494 e. The second kappa shape index (κ2) is 5.98. The molecule has 3 aromatic rings. The lowest BCUT2D eigenvalue weighted by atomic mass is 10.3. The summed E-state index contributed by atoms with van der Waals surface area (Å²) in [5.41, 5.74) is 1.28. The normalized spacial score (nSPS) is 11.7. The summed E-state index contributed by atoms with van der Waals surface area (Å²) in [7, 11) is -2.52. The average Bonchev–Trinajstić information content (AvgIpc) is 2.96. The lowest BCUT2D eigenvalue weighted by Gasteiger charge is -2.07. The highest BCUT2D eigenvalue weighted by Crippen LogP contribution is 2.20. The second-order valence-electron chi connectivity index (χ2n) is 4.82. The van der Waals surface area contributed by atoms with Gasteiger partial charge in [0.1, 0.15) is 5.65 Å². The summed E-state index contributed by atoms with van der Waals surface area (Å²) < 4.78 is 47.1. The van der Waals surface area contributed by atoms with Crippen molar-refractivity contribution in [2.45, 2.75) is 11.4 Å². The molecule has 0 fully saturated rings. The maximum absolute atomic E-state index is 13.7. The predicted molar refractivity (Wildman–Crippen MR) is 82.2 cm³/mol. The van der Waals surface area contributed by atoms with Crippen molar-refractivity contribution < 1.29 is 17.5 Å². The Morgan fingerprint density at radius 3 is 2.83 bits per heavy atom. The minimum absolute atomic E-state index is 0.00991. The number of hydrogen-bond donors (Lipinski definition) is 1. The summed E-state index contributed by atoms with van der Waals surface area (Å²) in [6, 6.07) is 8.99. The minimum atomic E-state index is -3.84. The van der Waals surface area contributed by atoms with Crippen LogP contribution < -0.4 is 9.46 Å². The molecule has 120 valence electrons. The van der Waals surface area contributed by atoms with E-state index in [4.69, 9.17) is 4.74 Å². The van der Waals surface area contributed by atoms with Crippen molar-refractivity contribution in [3.63, 3.8) is 0 Å². The summed E-state index contributed by atoms with van der Waals surface area (Å²) in [5, 5.41) is 0. The van der Waals surface area contributed by atoms with Crippen LogP contribution in [-0.2, 0) is 16.6 Å². The summed E-state index contributed by atoms with van der Waals surface area (Å²) in [6.07, 6.45) is 3.55. The van der Waals surface area contributed by atoms with E-state index in [1.54, 1.807) is 10.6 Å². The van der Waals surface area contributed by atoms with Gasteiger partial charge in [-0.25, -0.2) is 22.5 Å². The lowest BCUT2D eigenvalue weighted by Crippen LogP contribution is -2.23. The highest BCUT2D eigenvalue weighted by molar-refractivity contribution is 7.89. The van der Waals surface area contributed by atoms with Gasteiger partial charge in [-0.05, 0) is 30.3 Å². The first-order valence-corrected chi connectivity index (χ1v) is 8.24. The third kappa shape index (κ3) is 3.17. The molecular formula is C15H14FN3O3S. The first-order chi connectivity index (χ1) is 11.0. The van der Waals surface area contributed by atoms with Crippen molar-refractivity contribution in [3.05, 3.63) is 60.3 Å². The molecule has 0 bridgehead atoms. The Hall–Kier alpha value is -2.45. The van der Waals surface area contributed by atoms with Crippen LogP contribution in [0.2, 0.25) is 0 Å². The molecule has 8 heteroatoms. The Bertz CT molecular complexity index is 921. The molecule has 2 heterocycles. The number of pyridine rings is 1. The third-order valence-electron chi connectivity index (χ3n) is 3.29. The first kappa shape index (κ1) is 15.4. The molecule has 0 unspecified atom stereocenters. The first-order valence-electron chi connectivity index (χ1n) is 6.75. The van der Waals surface area contributed by atoms with E-state index in [1.807, 2.05) is 24.4 Å². The second-order valence-corrected chi connectivity index (χ2v) is 6.59. The number of ether oxygens (including phenoxy) is 1. The highest BCUT2D eigenvalue weighted by atomic mass is 32.2. The van der Waals surface area contributed by atoms with E-state index in [0.29, 0.717) is 5.69 Å². The van der Waals surface area contributed by atoms with Gasteiger partial charge in [-0.3, -0.25) is 0 Å². The molecule has 0 radical (unpaired) electrons. The average molecular weight is 335 g/mol. The molecule has 0 spiro atoms. The van der Waals surface area contributed by atoms with E-state index in [-0.39, 0.29) is 17.2 Å². The Labute approximate surface area is 132 Å². The Morgan fingerprint density at radius 2 is 2.13 bits per heavy atom. The quantitative estimate of drug-likeness (QED) is 0.774. The monoisotopic (exact) mass is 335 g/mol. The number of nitrogens with one attached hydrogen (secondary N) is 1. The zero-order chi connectivity index (χ0) is 16.4. The molecule has 0 atom stereocenters. The molecule has 0 saturated heterocycles. The molecule has 0 saturated carbocycles. The van der Waals surface area contributed by atoms with Crippen LogP contribution in [0.15, 0.2) is 53.7 Å². The largest absolute Gasteiger partial charge is 0.494 e. The Balaban J connectivity index is 1.79. The summed E-state index contributed by atoms with van der Waals surface area (Å²) in [6.45, 7) is 0.0116. The molecule has 3 rings (SSSR count). The topological polar surface area (TPSA) is 72.7 Å². The van der Waals surface area contributed by atoms with Crippen molar-refractivity contribution in [1.82, 2.24) is 14.1 Å². The van der Waals surface area contributed by atoms with Crippen LogP contribution in [-0.4, -0.2) is 24.9 Å². The maximum atomic E-state index is 13.7. The van der Waals surface area contributed by atoms with Gasteiger partial charge in [-0.1, -0.05) is 6.07 Å². The fraction of sp³-hybridized carbons (Fsp3) is 0.133. The van der Waals surface area contributed by atoms with Gasteiger partial charge < -0.3 is 9.14 Å². The van der Waals surface area contributed by atoms with Crippen molar-refractivity contribution in [2.24, 2.45) is 0 Å². The zero-order valence-electron chi connectivity index (χ0n) is 12.2. The number of fused-ring (bicyclic) bond motifs is 1. The SMILES string of the molecule is COc1ccc(S(=O)(=O)NCc2cn3ccccc3n2)cc1F. The van der Waals surface area contributed by atoms with Gasteiger partial charge in [-0.15, -0.1) is 0 Å². The molecule has 1 aromatic carbocycles. The van der Waals surface area contributed by atoms with Gasteiger partial charge in [0, 0.05) is 12.4 Å². The predicted octanol–water partition coefficient (Wildman–Crippen LogP) is 1.96. The zero-order valence-corrected chi connectivity index (χ0v) is 13.0. The van der Waals surface area contributed by atoms with Crippen LogP contribution in [0.25, 0.3) is 5.65 Å². The number of imidazole rings is 1.